The average molecular weight is 333 g/mol. The van der Waals surface area contributed by atoms with Gasteiger partial charge in [-0.15, -0.1) is 0 Å². The van der Waals surface area contributed by atoms with Crippen molar-refractivity contribution in [1.82, 2.24) is 4.90 Å². The minimum atomic E-state index is -0.182. The molecule has 1 aromatic rings. The zero-order valence-corrected chi connectivity index (χ0v) is 15.8. The van der Waals surface area contributed by atoms with Crippen molar-refractivity contribution in [3.63, 3.8) is 0 Å². The Balaban J connectivity index is 2.35. The second kappa shape index (κ2) is 7.56. The number of carbonyl (C=O) groups is 1. The highest BCUT2D eigenvalue weighted by atomic mass is 16.5. The molecular weight excluding hydrogens is 302 g/mol. The lowest BCUT2D eigenvalue weighted by molar-refractivity contribution is -0.143. The van der Waals surface area contributed by atoms with Crippen LogP contribution in [0.25, 0.3) is 0 Å². The standard InChI is InChI=1S/C20H31NO3/c1-14(2)19(16-7-9-18(23-6)10-8-16)21(15(3)22)17-11-12-24-20(4,5)13-17/h7-10,14,17,19H,11-13H2,1-6H3/t17-,19+/m0/s1. The number of carbonyl (C=O) groups excluding carboxylic acids is 1. The molecule has 0 spiro atoms. The third-order valence-corrected chi connectivity index (χ3v) is 4.82. The molecule has 0 bridgehead atoms. The molecule has 0 unspecified atom stereocenters. The molecule has 4 heteroatoms. The van der Waals surface area contributed by atoms with Gasteiger partial charge in [-0.05, 0) is 50.3 Å². The maximum atomic E-state index is 12.6. The van der Waals surface area contributed by atoms with Gasteiger partial charge in [0, 0.05) is 19.6 Å². The Kier molecular flexibility index (Phi) is 5.92. The Morgan fingerprint density at radius 2 is 1.92 bits per heavy atom. The molecule has 2 atom stereocenters. The Hall–Kier alpha value is -1.55. The normalized spacial score (nSPS) is 21.4. The van der Waals surface area contributed by atoms with E-state index in [0.717, 1.165) is 24.2 Å². The predicted molar refractivity (Wildman–Crippen MR) is 96.1 cm³/mol. The maximum Gasteiger partial charge on any atom is 0.220 e. The molecule has 0 aliphatic carbocycles. The Labute approximate surface area is 146 Å². The largest absolute Gasteiger partial charge is 0.497 e. The fraction of sp³-hybridized carbons (Fsp3) is 0.650. The second-order valence-electron chi connectivity index (χ2n) is 7.64. The van der Waals surface area contributed by atoms with E-state index in [1.807, 2.05) is 12.1 Å². The van der Waals surface area contributed by atoms with E-state index in [1.54, 1.807) is 14.0 Å². The first kappa shape index (κ1) is 18.8. The summed E-state index contributed by atoms with van der Waals surface area (Å²) in [5.41, 5.74) is 0.975. The molecule has 1 aliphatic rings. The highest BCUT2D eigenvalue weighted by Gasteiger charge is 2.37. The van der Waals surface area contributed by atoms with Gasteiger partial charge < -0.3 is 14.4 Å². The van der Waals surface area contributed by atoms with E-state index in [4.69, 9.17) is 9.47 Å². The van der Waals surface area contributed by atoms with Crippen LogP contribution in [0.4, 0.5) is 0 Å². The molecule has 24 heavy (non-hydrogen) atoms. The molecule has 0 radical (unpaired) electrons. The first-order valence-corrected chi connectivity index (χ1v) is 8.82. The first-order valence-electron chi connectivity index (χ1n) is 8.82. The van der Waals surface area contributed by atoms with Gasteiger partial charge in [-0.25, -0.2) is 0 Å². The summed E-state index contributed by atoms with van der Waals surface area (Å²) < 4.78 is 11.1. The van der Waals surface area contributed by atoms with E-state index in [2.05, 4.69) is 44.7 Å². The van der Waals surface area contributed by atoms with Gasteiger partial charge in [0.2, 0.25) is 5.91 Å². The molecule has 134 valence electrons. The number of ether oxygens (including phenoxy) is 2. The monoisotopic (exact) mass is 333 g/mol. The number of amides is 1. The number of rotatable bonds is 5. The van der Waals surface area contributed by atoms with Crippen LogP contribution in [0.1, 0.15) is 59.1 Å². The molecule has 1 saturated heterocycles. The fourth-order valence-corrected chi connectivity index (χ4v) is 3.79. The van der Waals surface area contributed by atoms with Crippen LogP contribution < -0.4 is 4.74 Å². The van der Waals surface area contributed by atoms with Crippen molar-refractivity contribution < 1.29 is 14.3 Å². The summed E-state index contributed by atoms with van der Waals surface area (Å²) in [6.07, 6.45) is 1.76. The lowest BCUT2D eigenvalue weighted by Gasteiger charge is -2.45. The molecule has 1 heterocycles. The van der Waals surface area contributed by atoms with Gasteiger partial charge >= 0.3 is 0 Å². The van der Waals surface area contributed by atoms with Crippen molar-refractivity contribution in [2.75, 3.05) is 13.7 Å². The quantitative estimate of drug-likeness (QED) is 0.810. The molecular formula is C20H31NO3. The summed E-state index contributed by atoms with van der Waals surface area (Å²) in [6.45, 7) is 10.9. The van der Waals surface area contributed by atoms with Crippen LogP contribution in [0, 0.1) is 5.92 Å². The number of benzene rings is 1. The molecule has 1 fully saturated rings. The van der Waals surface area contributed by atoms with Crippen molar-refractivity contribution in [3.05, 3.63) is 29.8 Å². The molecule has 2 rings (SSSR count). The minimum Gasteiger partial charge on any atom is -0.497 e. The summed E-state index contributed by atoms with van der Waals surface area (Å²) in [7, 11) is 1.67. The van der Waals surface area contributed by atoms with Crippen molar-refractivity contribution in [2.45, 2.75) is 65.1 Å². The van der Waals surface area contributed by atoms with Gasteiger partial charge in [-0.3, -0.25) is 4.79 Å². The molecule has 1 aliphatic heterocycles. The first-order chi connectivity index (χ1) is 11.2. The van der Waals surface area contributed by atoms with Gasteiger partial charge in [0.1, 0.15) is 5.75 Å². The minimum absolute atomic E-state index is 0.0623. The van der Waals surface area contributed by atoms with E-state index in [0.29, 0.717) is 12.5 Å². The summed E-state index contributed by atoms with van der Waals surface area (Å²) in [5, 5.41) is 0. The van der Waals surface area contributed by atoms with Crippen LogP contribution in [0.2, 0.25) is 0 Å². The van der Waals surface area contributed by atoms with Crippen molar-refractivity contribution in [2.24, 2.45) is 5.92 Å². The summed E-state index contributed by atoms with van der Waals surface area (Å²) in [6, 6.07) is 8.36. The summed E-state index contributed by atoms with van der Waals surface area (Å²) >= 11 is 0. The molecule has 0 N–H and O–H groups in total. The molecule has 1 amide bonds. The van der Waals surface area contributed by atoms with E-state index in [1.165, 1.54) is 0 Å². The van der Waals surface area contributed by atoms with Gasteiger partial charge in [0.25, 0.3) is 0 Å². The fourth-order valence-electron chi connectivity index (χ4n) is 3.79. The Bertz CT molecular complexity index is 551. The van der Waals surface area contributed by atoms with Crippen molar-refractivity contribution >= 4 is 5.91 Å². The highest BCUT2D eigenvalue weighted by Crippen LogP contribution is 2.36. The number of methoxy groups -OCH3 is 1. The van der Waals surface area contributed by atoms with Crippen LogP contribution in [0.5, 0.6) is 5.75 Å². The average Bonchev–Trinajstić information content (AvgIpc) is 2.51. The van der Waals surface area contributed by atoms with Gasteiger partial charge in [0.05, 0.1) is 18.8 Å². The van der Waals surface area contributed by atoms with Crippen LogP contribution >= 0.6 is 0 Å². The van der Waals surface area contributed by atoms with E-state index in [-0.39, 0.29) is 23.6 Å². The zero-order chi connectivity index (χ0) is 17.9. The van der Waals surface area contributed by atoms with Gasteiger partial charge in [-0.1, -0.05) is 26.0 Å². The molecule has 1 aromatic carbocycles. The van der Waals surface area contributed by atoms with E-state index < -0.39 is 0 Å². The smallest absolute Gasteiger partial charge is 0.220 e. The SMILES string of the molecule is COc1ccc([C@@H](C(C)C)N(C(C)=O)[C@H]2CCOC(C)(C)C2)cc1. The van der Waals surface area contributed by atoms with Crippen molar-refractivity contribution in [1.29, 1.82) is 0 Å². The second-order valence-corrected chi connectivity index (χ2v) is 7.64. The summed E-state index contributed by atoms with van der Waals surface area (Å²) in [5.74, 6) is 1.29. The third kappa shape index (κ3) is 4.29. The van der Waals surface area contributed by atoms with Crippen LogP contribution in [0.15, 0.2) is 24.3 Å². The van der Waals surface area contributed by atoms with Crippen molar-refractivity contribution in [3.8, 4) is 5.75 Å². The third-order valence-electron chi connectivity index (χ3n) is 4.82. The van der Waals surface area contributed by atoms with E-state index >= 15 is 0 Å². The molecule has 0 aromatic heterocycles. The number of nitrogens with zero attached hydrogens (tertiary/aromatic N) is 1. The van der Waals surface area contributed by atoms with E-state index in [9.17, 15) is 4.79 Å². The maximum absolute atomic E-state index is 12.6. The molecule has 4 nitrogen and oxygen atoms in total. The number of hydrogen-bond acceptors (Lipinski definition) is 3. The van der Waals surface area contributed by atoms with Crippen LogP contribution in [-0.4, -0.2) is 36.2 Å². The zero-order valence-electron chi connectivity index (χ0n) is 15.8. The van der Waals surface area contributed by atoms with Gasteiger partial charge in [0.15, 0.2) is 0 Å². The Morgan fingerprint density at radius 1 is 1.29 bits per heavy atom. The highest BCUT2D eigenvalue weighted by molar-refractivity contribution is 5.74. The molecule has 0 saturated carbocycles. The lowest BCUT2D eigenvalue weighted by Crippen LogP contribution is -2.50. The number of hydrogen-bond donors (Lipinski definition) is 0. The summed E-state index contributed by atoms with van der Waals surface area (Å²) in [4.78, 5) is 14.6. The van der Waals surface area contributed by atoms with Crippen LogP contribution in [0.3, 0.4) is 0 Å². The topological polar surface area (TPSA) is 38.8 Å². The lowest BCUT2D eigenvalue weighted by atomic mass is 9.87. The predicted octanol–water partition coefficient (Wildman–Crippen LogP) is 4.20. The Morgan fingerprint density at radius 3 is 2.38 bits per heavy atom. The van der Waals surface area contributed by atoms with Crippen LogP contribution in [-0.2, 0) is 9.53 Å². The van der Waals surface area contributed by atoms with Gasteiger partial charge in [-0.2, -0.15) is 0 Å².